The second-order valence-corrected chi connectivity index (χ2v) is 16.2. The van der Waals surface area contributed by atoms with Gasteiger partial charge in [0.1, 0.15) is 0 Å². The molecule has 0 fully saturated rings. The highest BCUT2D eigenvalue weighted by molar-refractivity contribution is 5.92. The Morgan fingerprint density at radius 3 is 0.969 bits per heavy atom. The van der Waals surface area contributed by atoms with Crippen LogP contribution < -0.4 is 9.80 Å². The molecule has 0 unspecified atom stereocenters. The van der Waals surface area contributed by atoms with Crippen molar-refractivity contribution in [3.8, 4) is 44.5 Å². The molecule has 0 N–H and O–H groups in total. The largest absolute Gasteiger partial charge is 0.311 e. The third kappa shape index (κ3) is 7.70. The van der Waals surface area contributed by atoms with E-state index in [1.807, 2.05) is 0 Å². The van der Waals surface area contributed by atoms with Gasteiger partial charge in [-0.05, 0) is 151 Å². The lowest BCUT2D eigenvalue weighted by atomic mass is 9.93. The topological polar surface area (TPSA) is 6.48 Å². The third-order valence-corrected chi connectivity index (χ3v) is 12.2. The average Bonchev–Trinajstić information content (AvgIpc) is 3.38. The van der Waals surface area contributed by atoms with Crippen molar-refractivity contribution in [1.29, 1.82) is 0 Å². The molecule has 11 rings (SSSR count). The quantitative estimate of drug-likeness (QED) is 0.136. The highest BCUT2D eigenvalue weighted by Crippen LogP contribution is 2.43. The zero-order valence-corrected chi connectivity index (χ0v) is 35.3. The summed E-state index contributed by atoms with van der Waals surface area (Å²) in [6.45, 7) is 0. The van der Waals surface area contributed by atoms with E-state index in [1.165, 1.54) is 54.9 Å². The molecule has 64 heavy (non-hydrogen) atoms. The molecule has 0 heterocycles. The van der Waals surface area contributed by atoms with Gasteiger partial charge in [0.25, 0.3) is 0 Å². The molecule has 2 nitrogen and oxygen atoms in total. The number of benzene rings is 11. The lowest BCUT2D eigenvalue weighted by molar-refractivity contribution is 1.28. The summed E-state index contributed by atoms with van der Waals surface area (Å²) in [5.41, 5.74) is 16.0. The molecule has 0 spiro atoms. The van der Waals surface area contributed by atoms with Crippen molar-refractivity contribution in [2.24, 2.45) is 0 Å². The van der Waals surface area contributed by atoms with E-state index in [4.69, 9.17) is 0 Å². The molecular formula is C62H44N2. The van der Waals surface area contributed by atoms with Gasteiger partial charge in [-0.2, -0.15) is 0 Å². The first-order chi connectivity index (χ1) is 31.7. The number of para-hydroxylation sites is 2. The molecule has 302 valence electrons. The molecule has 0 amide bonds. The third-order valence-electron chi connectivity index (χ3n) is 12.2. The number of hydrogen-bond donors (Lipinski definition) is 0. The van der Waals surface area contributed by atoms with Gasteiger partial charge < -0.3 is 9.80 Å². The zero-order valence-electron chi connectivity index (χ0n) is 35.3. The minimum absolute atomic E-state index is 1.08. The van der Waals surface area contributed by atoms with Gasteiger partial charge in [-0.25, -0.2) is 0 Å². The van der Waals surface area contributed by atoms with Crippen LogP contribution in [-0.2, 0) is 0 Å². The fourth-order valence-corrected chi connectivity index (χ4v) is 8.96. The van der Waals surface area contributed by atoms with Crippen LogP contribution in [0.4, 0.5) is 34.1 Å². The molecule has 11 aromatic carbocycles. The molecule has 0 saturated heterocycles. The van der Waals surface area contributed by atoms with Crippen LogP contribution in [0, 0.1) is 0 Å². The monoisotopic (exact) mass is 816 g/mol. The van der Waals surface area contributed by atoms with Gasteiger partial charge in [-0.3, -0.25) is 0 Å². The van der Waals surface area contributed by atoms with Crippen molar-refractivity contribution in [3.05, 3.63) is 267 Å². The van der Waals surface area contributed by atoms with Crippen molar-refractivity contribution >= 4 is 55.7 Å². The first kappa shape index (κ1) is 38.5. The Bertz CT molecular complexity index is 3180. The molecule has 0 aromatic heterocycles. The van der Waals surface area contributed by atoms with Gasteiger partial charge in [0.2, 0.25) is 0 Å². The first-order valence-electron chi connectivity index (χ1n) is 21.9. The second-order valence-electron chi connectivity index (χ2n) is 16.2. The van der Waals surface area contributed by atoms with Crippen LogP contribution in [0.2, 0.25) is 0 Å². The Kier molecular flexibility index (Phi) is 10.3. The van der Waals surface area contributed by atoms with Crippen LogP contribution in [0.3, 0.4) is 0 Å². The van der Waals surface area contributed by atoms with Gasteiger partial charge >= 0.3 is 0 Å². The van der Waals surface area contributed by atoms with Crippen molar-refractivity contribution in [1.82, 2.24) is 0 Å². The summed E-state index contributed by atoms with van der Waals surface area (Å²) < 4.78 is 0. The van der Waals surface area contributed by atoms with Gasteiger partial charge in [0.15, 0.2) is 0 Å². The Morgan fingerprint density at radius 1 is 0.172 bits per heavy atom. The molecule has 0 bridgehead atoms. The van der Waals surface area contributed by atoms with Crippen molar-refractivity contribution in [2.45, 2.75) is 0 Å². The number of hydrogen-bond acceptors (Lipinski definition) is 2. The van der Waals surface area contributed by atoms with Gasteiger partial charge in [0, 0.05) is 34.1 Å². The predicted molar refractivity (Wildman–Crippen MR) is 273 cm³/mol. The molecule has 0 aliphatic rings. The van der Waals surface area contributed by atoms with E-state index in [9.17, 15) is 0 Å². The molecule has 0 aliphatic heterocycles. The SMILES string of the molecule is c1ccc(-c2cc(N(c3ccc(-c4ccc5ccccc5c4)cc3)c3ccc(-c4ccc5ccccc5c4)cc3)ccc2-c2ccc(N(c3ccccc3)c3ccccc3)cc2)cc1. The summed E-state index contributed by atoms with van der Waals surface area (Å²) in [5.74, 6) is 0. The standard InChI is InChI=1S/C62H44N2/c1-4-16-49(17-5-1)62-44-60(40-41-61(62)50-32-38-57(39-33-50)63(55-20-6-2-7-21-55)56-22-8-3-9-23-56)64(58-34-28-47(29-35-58)53-26-24-45-14-10-12-18-51(45)42-53)59-36-30-48(31-37-59)54-27-25-46-15-11-13-19-52(46)43-54/h1-44H. The van der Waals surface area contributed by atoms with Gasteiger partial charge in [0.05, 0.1) is 0 Å². The summed E-state index contributed by atoms with van der Waals surface area (Å²) in [5, 5.41) is 4.97. The Morgan fingerprint density at radius 2 is 0.500 bits per heavy atom. The number of anilines is 6. The lowest BCUT2D eigenvalue weighted by Gasteiger charge is -2.27. The Labute approximate surface area is 375 Å². The summed E-state index contributed by atoms with van der Waals surface area (Å²) in [4.78, 5) is 4.69. The number of rotatable bonds is 10. The number of fused-ring (bicyclic) bond motifs is 2. The summed E-state index contributed by atoms with van der Waals surface area (Å²) >= 11 is 0. The van der Waals surface area contributed by atoms with E-state index in [0.29, 0.717) is 0 Å². The fourth-order valence-electron chi connectivity index (χ4n) is 8.96. The van der Waals surface area contributed by atoms with Crippen molar-refractivity contribution < 1.29 is 0 Å². The first-order valence-corrected chi connectivity index (χ1v) is 21.9. The van der Waals surface area contributed by atoms with Crippen LogP contribution in [0.1, 0.15) is 0 Å². The number of nitrogens with zero attached hydrogens (tertiary/aromatic N) is 2. The van der Waals surface area contributed by atoms with Gasteiger partial charge in [-0.1, -0.05) is 182 Å². The van der Waals surface area contributed by atoms with Crippen LogP contribution in [0.15, 0.2) is 267 Å². The lowest BCUT2D eigenvalue weighted by Crippen LogP contribution is -2.10. The molecule has 0 aliphatic carbocycles. The summed E-state index contributed by atoms with van der Waals surface area (Å²) in [7, 11) is 0. The fraction of sp³-hybridized carbons (Fsp3) is 0. The van der Waals surface area contributed by atoms with Crippen LogP contribution in [0.5, 0.6) is 0 Å². The van der Waals surface area contributed by atoms with Crippen LogP contribution >= 0.6 is 0 Å². The van der Waals surface area contributed by atoms with Crippen LogP contribution in [-0.4, -0.2) is 0 Å². The van der Waals surface area contributed by atoms with E-state index >= 15 is 0 Å². The normalized spacial score (nSPS) is 11.1. The zero-order chi connectivity index (χ0) is 42.7. The maximum atomic E-state index is 2.38. The maximum Gasteiger partial charge on any atom is 0.0468 e. The highest BCUT2D eigenvalue weighted by Gasteiger charge is 2.18. The highest BCUT2D eigenvalue weighted by atomic mass is 15.1. The minimum atomic E-state index is 1.08. The molecule has 11 aromatic rings. The Balaban J connectivity index is 1.00. The predicted octanol–water partition coefficient (Wildman–Crippen LogP) is 17.6. The molecule has 0 atom stereocenters. The molecule has 0 radical (unpaired) electrons. The average molecular weight is 817 g/mol. The summed E-state index contributed by atoms with van der Waals surface area (Å²) in [6, 6.07) is 96.3. The van der Waals surface area contributed by atoms with Gasteiger partial charge in [-0.15, -0.1) is 0 Å². The maximum absolute atomic E-state index is 2.38. The van der Waals surface area contributed by atoms with E-state index in [-0.39, 0.29) is 0 Å². The van der Waals surface area contributed by atoms with Crippen LogP contribution in [0.25, 0.3) is 66.1 Å². The van der Waals surface area contributed by atoms with E-state index in [1.54, 1.807) is 0 Å². The molecular weight excluding hydrogens is 773 g/mol. The van der Waals surface area contributed by atoms with E-state index < -0.39 is 0 Å². The molecule has 0 saturated carbocycles. The van der Waals surface area contributed by atoms with Crippen molar-refractivity contribution in [2.75, 3.05) is 9.80 Å². The summed E-state index contributed by atoms with van der Waals surface area (Å²) in [6.07, 6.45) is 0. The van der Waals surface area contributed by atoms with Crippen molar-refractivity contribution in [3.63, 3.8) is 0 Å². The van der Waals surface area contributed by atoms with E-state index in [0.717, 1.165) is 45.3 Å². The smallest absolute Gasteiger partial charge is 0.0468 e. The van der Waals surface area contributed by atoms with E-state index in [2.05, 4.69) is 277 Å². The second kappa shape index (κ2) is 17.1. The minimum Gasteiger partial charge on any atom is -0.311 e. The molecule has 2 heteroatoms. The Hall–Kier alpha value is -8.46.